The molecule has 0 N–H and O–H groups in total. The molecule has 1 aliphatic carbocycles. The molecule has 0 aromatic heterocycles. The third kappa shape index (κ3) is 3.98. The molecule has 60 heavy (non-hydrogen) atoms. The lowest BCUT2D eigenvalue weighted by molar-refractivity contribution is 0.556. The van der Waals surface area contributed by atoms with E-state index in [2.05, 4.69) is 221 Å². The zero-order chi connectivity index (χ0) is 40.1. The van der Waals surface area contributed by atoms with E-state index >= 15 is 0 Å². The highest BCUT2D eigenvalue weighted by Crippen LogP contribution is 2.62. The molecule has 9 aromatic rings. The van der Waals surface area contributed by atoms with Crippen molar-refractivity contribution in [1.29, 1.82) is 0 Å². The van der Waals surface area contributed by atoms with Gasteiger partial charge in [-0.05, 0) is 125 Å². The maximum Gasteiger partial charge on any atom is 0.182 e. The van der Waals surface area contributed by atoms with Crippen LogP contribution in [0.2, 0.25) is 0 Å². The molecule has 3 aliphatic heterocycles. The molecule has 2 spiro atoms. The van der Waals surface area contributed by atoms with Gasteiger partial charge in [-0.25, -0.2) is 0 Å². The molecule has 0 radical (unpaired) electrons. The van der Waals surface area contributed by atoms with Crippen LogP contribution in [0.5, 0.6) is 0 Å². The minimum atomic E-state index is -2.79. The van der Waals surface area contributed by atoms with Gasteiger partial charge in [0.15, 0.2) is 8.07 Å². The zero-order valence-corrected chi connectivity index (χ0v) is 35.3. The van der Waals surface area contributed by atoms with Crippen LogP contribution in [0.3, 0.4) is 0 Å². The second-order valence-corrected chi connectivity index (χ2v) is 21.8. The SMILES string of the molecule is Cc1ccc2c(c1)[Si]1(c3cc(C)ccc3-2)c2cc(N3c4ccccc4C4(c5ccccc53)c3ccccc3C(C)(C)c3ccccc34)ccc2-c2c1ccc1ccccc21. The first-order valence-corrected chi connectivity index (χ1v) is 23.4. The summed E-state index contributed by atoms with van der Waals surface area (Å²) in [6.07, 6.45) is 0. The number of aryl methyl sites for hydroxylation is 2. The van der Waals surface area contributed by atoms with Crippen molar-refractivity contribution < 1.29 is 0 Å². The van der Waals surface area contributed by atoms with Crippen LogP contribution in [-0.4, -0.2) is 8.07 Å². The summed E-state index contributed by atoms with van der Waals surface area (Å²) in [4.78, 5) is 2.59. The minimum Gasteiger partial charge on any atom is -0.310 e. The number of fused-ring (bicyclic) bond motifs is 20. The Labute approximate surface area is 353 Å². The average Bonchev–Trinajstić information content (AvgIpc) is 3.74. The summed E-state index contributed by atoms with van der Waals surface area (Å²) >= 11 is 0. The molecule has 2 heteroatoms. The Balaban J connectivity index is 1.14. The second kappa shape index (κ2) is 11.7. The van der Waals surface area contributed by atoms with Crippen LogP contribution in [0, 0.1) is 13.8 Å². The molecule has 0 fully saturated rings. The van der Waals surface area contributed by atoms with E-state index in [9.17, 15) is 0 Å². The van der Waals surface area contributed by atoms with E-state index in [0.29, 0.717) is 0 Å². The molecule has 0 amide bonds. The number of hydrogen-bond acceptors (Lipinski definition) is 1. The standard InChI is InChI=1S/C58H43NSi/c1-36-25-29-41-42-30-26-37(2)34-54(42)60(53(41)33-36)52-32-27-38-15-5-6-16-40(38)56(52)43-31-28-39(35-55(43)60)59-50-23-13-11-21-48(50)58(49-22-12-14-24-51(49)59)46-19-9-7-17-44(46)57(3,4)45-18-8-10-20-47(45)58/h5-35H,1-4H3. The summed E-state index contributed by atoms with van der Waals surface area (Å²) < 4.78 is 0. The quantitative estimate of drug-likeness (QED) is 0.150. The number of hydrogen-bond donors (Lipinski definition) is 0. The van der Waals surface area contributed by atoms with Gasteiger partial charge >= 0.3 is 0 Å². The maximum atomic E-state index is 2.62. The van der Waals surface area contributed by atoms with Gasteiger partial charge in [0.1, 0.15) is 0 Å². The summed E-state index contributed by atoms with van der Waals surface area (Å²) in [5.41, 5.74) is 19.4. The van der Waals surface area contributed by atoms with E-state index < -0.39 is 13.5 Å². The average molecular weight is 782 g/mol. The van der Waals surface area contributed by atoms with Crippen LogP contribution in [0.1, 0.15) is 58.4 Å². The first kappa shape index (κ1) is 34.2. The molecule has 4 aliphatic rings. The van der Waals surface area contributed by atoms with Crippen molar-refractivity contribution in [2.24, 2.45) is 0 Å². The second-order valence-electron chi connectivity index (χ2n) is 18.1. The smallest absolute Gasteiger partial charge is 0.182 e. The van der Waals surface area contributed by atoms with Gasteiger partial charge in [0.2, 0.25) is 0 Å². The van der Waals surface area contributed by atoms with Crippen LogP contribution in [0.25, 0.3) is 33.0 Å². The Morgan fingerprint density at radius 3 is 1.48 bits per heavy atom. The normalized spacial score (nSPS) is 16.0. The van der Waals surface area contributed by atoms with Crippen LogP contribution < -0.4 is 25.6 Å². The maximum absolute atomic E-state index is 2.79. The molecule has 0 atom stereocenters. The molecule has 0 bridgehead atoms. The minimum absolute atomic E-state index is 0.151. The van der Waals surface area contributed by atoms with Crippen molar-refractivity contribution in [2.75, 3.05) is 4.90 Å². The monoisotopic (exact) mass is 781 g/mol. The van der Waals surface area contributed by atoms with Gasteiger partial charge in [0, 0.05) is 11.1 Å². The van der Waals surface area contributed by atoms with Crippen molar-refractivity contribution in [1.82, 2.24) is 0 Å². The molecule has 0 unspecified atom stereocenters. The van der Waals surface area contributed by atoms with Crippen molar-refractivity contribution in [3.63, 3.8) is 0 Å². The van der Waals surface area contributed by atoms with E-state index in [0.717, 1.165) is 0 Å². The molecular formula is C58H43NSi. The highest BCUT2D eigenvalue weighted by molar-refractivity contribution is 7.24. The van der Waals surface area contributed by atoms with Crippen LogP contribution in [-0.2, 0) is 10.8 Å². The molecule has 3 heterocycles. The van der Waals surface area contributed by atoms with E-state index in [-0.39, 0.29) is 5.41 Å². The lowest BCUT2D eigenvalue weighted by Gasteiger charge is -2.52. The van der Waals surface area contributed by atoms with Crippen LogP contribution in [0.4, 0.5) is 17.1 Å². The number of para-hydroxylation sites is 2. The molecule has 0 saturated carbocycles. The fourth-order valence-electron chi connectivity index (χ4n) is 12.5. The number of nitrogens with zero attached hydrogens (tertiary/aromatic N) is 1. The van der Waals surface area contributed by atoms with Crippen molar-refractivity contribution in [2.45, 2.75) is 38.5 Å². The zero-order valence-electron chi connectivity index (χ0n) is 34.3. The van der Waals surface area contributed by atoms with Crippen LogP contribution in [0.15, 0.2) is 188 Å². The predicted octanol–water partition coefficient (Wildman–Crippen LogP) is 11.6. The van der Waals surface area contributed by atoms with E-state index in [4.69, 9.17) is 0 Å². The van der Waals surface area contributed by atoms with Crippen molar-refractivity contribution in [3.8, 4) is 22.3 Å². The fourth-order valence-corrected chi connectivity index (χ4v) is 18.3. The summed E-state index contributed by atoms with van der Waals surface area (Å²) in [6, 6.07) is 72.9. The van der Waals surface area contributed by atoms with Gasteiger partial charge in [0.25, 0.3) is 0 Å². The molecule has 13 rings (SSSR count). The lowest BCUT2D eigenvalue weighted by Crippen LogP contribution is -2.70. The first-order chi connectivity index (χ1) is 29.3. The van der Waals surface area contributed by atoms with E-state index in [1.807, 2.05) is 0 Å². The van der Waals surface area contributed by atoms with Gasteiger partial charge in [0.05, 0.1) is 16.8 Å². The van der Waals surface area contributed by atoms with E-state index in [1.165, 1.54) is 115 Å². The first-order valence-electron chi connectivity index (χ1n) is 21.4. The molecular weight excluding hydrogens is 739 g/mol. The van der Waals surface area contributed by atoms with Crippen molar-refractivity contribution >= 4 is 56.7 Å². The Kier molecular flexibility index (Phi) is 6.67. The lowest BCUT2D eigenvalue weighted by atomic mass is 9.53. The Hall–Kier alpha value is -6.74. The Morgan fingerprint density at radius 2 is 0.883 bits per heavy atom. The summed E-state index contributed by atoms with van der Waals surface area (Å²) in [5, 5.41) is 8.69. The predicted molar refractivity (Wildman–Crippen MR) is 254 cm³/mol. The topological polar surface area (TPSA) is 3.24 Å². The van der Waals surface area contributed by atoms with Gasteiger partial charge in [-0.15, -0.1) is 0 Å². The molecule has 9 aromatic carbocycles. The van der Waals surface area contributed by atoms with Gasteiger partial charge < -0.3 is 4.90 Å². The molecule has 284 valence electrons. The Bertz CT molecular complexity index is 3200. The summed E-state index contributed by atoms with van der Waals surface area (Å²) in [5.74, 6) is 0. The van der Waals surface area contributed by atoms with Gasteiger partial charge in [-0.2, -0.15) is 0 Å². The van der Waals surface area contributed by atoms with Crippen LogP contribution >= 0.6 is 0 Å². The number of rotatable bonds is 1. The summed E-state index contributed by atoms with van der Waals surface area (Å²) in [6.45, 7) is 9.34. The molecule has 0 saturated heterocycles. The highest BCUT2D eigenvalue weighted by Gasteiger charge is 2.56. The van der Waals surface area contributed by atoms with Gasteiger partial charge in [-0.3, -0.25) is 0 Å². The third-order valence-corrected chi connectivity index (χ3v) is 19.7. The molecule has 1 nitrogen and oxygen atoms in total. The fraction of sp³-hybridized carbons (Fsp3) is 0.103. The largest absolute Gasteiger partial charge is 0.310 e. The highest BCUT2D eigenvalue weighted by atomic mass is 28.3. The number of anilines is 3. The van der Waals surface area contributed by atoms with Crippen molar-refractivity contribution in [3.05, 3.63) is 233 Å². The summed E-state index contributed by atoms with van der Waals surface area (Å²) in [7, 11) is -2.79. The third-order valence-electron chi connectivity index (χ3n) is 14.8. The number of benzene rings is 9. The Morgan fingerprint density at radius 1 is 0.400 bits per heavy atom. The van der Waals surface area contributed by atoms with Gasteiger partial charge in [-0.1, -0.05) is 189 Å². The van der Waals surface area contributed by atoms with E-state index in [1.54, 1.807) is 0 Å².